The van der Waals surface area contributed by atoms with Gasteiger partial charge in [-0.05, 0) is 43.8 Å². The van der Waals surface area contributed by atoms with E-state index in [1.165, 1.54) is 26.0 Å². The van der Waals surface area contributed by atoms with E-state index in [0.717, 1.165) is 0 Å². The normalized spacial score (nSPS) is 38.4. The second-order valence-electron chi connectivity index (χ2n) is 10.7. The molecule has 0 aromatic carbocycles. The van der Waals surface area contributed by atoms with Crippen LogP contribution < -0.4 is 0 Å². The van der Waals surface area contributed by atoms with E-state index in [4.69, 9.17) is 9.47 Å². The molecule has 0 amide bonds. The van der Waals surface area contributed by atoms with Gasteiger partial charge in [0.05, 0.1) is 24.4 Å². The van der Waals surface area contributed by atoms with Crippen LogP contribution >= 0.6 is 0 Å². The van der Waals surface area contributed by atoms with Gasteiger partial charge in [-0.25, -0.2) is 0 Å². The predicted octanol–water partition coefficient (Wildman–Crippen LogP) is 4.42. The Morgan fingerprint density at radius 2 is 1.47 bits per heavy atom. The van der Waals surface area contributed by atoms with Crippen LogP contribution in [0, 0.1) is 34.5 Å². The first-order valence-electron chi connectivity index (χ1n) is 11.4. The van der Waals surface area contributed by atoms with E-state index in [9.17, 15) is 24.6 Å². The molecule has 3 saturated carbocycles. The van der Waals surface area contributed by atoms with Crippen molar-refractivity contribution in [3.63, 3.8) is 0 Å². The molecule has 32 heavy (non-hydrogen) atoms. The highest BCUT2D eigenvalue weighted by Gasteiger charge is 2.75. The van der Waals surface area contributed by atoms with Crippen LogP contribution in [0.15, 0.2) is 23.7 Å². The molecule has 7 atom stereocenters. The number of hydrogen-bond donors (Lipinski definition) is 2. The van der Waals surface area contributed by atoms with E-state index in [1.807, 2.05) is 20.8 Å². The molecule has 4 bridgehead atoms. The Bertz CT molecular complexity index is 846. The fraction of sp³-hybridized carbons (Fsp3) is 0.720. The lowest BCUT2D eigenvalue weighted by Gasteiger charge is -2.68. The molecule has 3 aliphatic rings. The van der Waals surface area contributed by atoms with Crippen molar-refractivity contribution in [3.8, 4) is 0 Å². The highest BCUT2D eigenvalue weighted by Crippen LogP contribution is 2.73. The second-order valence-corrected chi connectivity index (χ2v) is 10.7. The van der Waals surface area contributed by atoms with Crippen molar-refractivity contribution < 1.29 is 34.1 Å². The Labute approximate surface area is 189 Å². The summed E-state index contributed by atoms with van der Waals surface area (Å²) in [5.74, 6) is -0.533. The molecule has 0 aliphatic heterocycles. The van der Waals surface area contributed by atoms with Crippen molar-refractivity contribution in [1.29, 1.82) is 0 Å². The van der Waals surface area contributed by atoms with Gasteiger partial charge >= 0.3 is 11.9 Å². The Kier molecular flexibility index (Phi) is 6.51. The van der Waals surface area contributed by atoms with E-state index in [1.54, 1.807) is 0 Å². The van der Waals surface area contributed by atoms with Gasteiger partial charge in [-0.1, -0.05) is 27.7 Å². The number of ether oxygens (including phenoxy) is 2. The van der Waals surface area contributed by atoms with Crippen LogP contribution in [0.25, 0.3) is 0 Å². The molecule has 0 saturated heterocycles. The number of ketones is 1. The van der Waals surface area contributed by atoms with E-state index >= 15 is 0 Å². The van der Waals surface area contributed by atoms with Crippen molar-refractivity contribution in [1.82, 2.24) is 0 Å². The number of aliphatic hydroxyl groups excluding tert-OH is 2. The van der Waals surface area contributed by atoms with Crippen molar-refractivity contribution >= 4 is 17.7 Å². The molecule has 0 heterocycles. The lowest BCUT2D eigenvalue weighted by Crippen LogP contribution is -2.70. The molecule has 2 N–H and O–H groups in total. The third-order valence-electron chi connectivity index (χ3n) is 8.10. The third-order valence-corrected chi connectivity index (χ3v) is 8.10. The molecule has 7 nitrogen and oxygen atoms in total. The summed E-state index contributed by atoms with van der Waals surface area (Å²) in [5.41, 5.74) is -0.984. The number of fused-ring (bicyclic) bond motifs is 1. The molecule has 0 aromatic rings. The minimum atomic E-state index is -0.574. The maximum Gasteiger partial charge on any atom is 0.310 e. The van der Waals surface area contributed by atoms with Crippen molar-refractivity contribution in [3.05, 3.63) is 23.7 Å². The van der Waals surface area contributed by atoms with Crippen molar-refractivity contribution in [2.75, 3.05) is 0 Å². The van der Waals surface area contributed by atoms with Gasteiger partial charge in [0.2, 0.25) is 0 Å². The van der Waals surface area contributed by atoms with E-state index in [2.05, 4.69) is 6.92 Å². The van der Waals surface area contributed by atoms with E-state index in [0.29, 0.717) is 12.8 Å². The lowest BCUT2D eigenvalue weighted by atomic mass is 9.35. The van der Waals surface area contributed by atoms with E-state index < -0.39 is 35.0 Å². The van der Waals surface area contributed by atoms with Crippen LogP contribution in [0.5, 0.6) is 0 Å². The average Bonchev–Trinajstić information content (AvgIpc) is 2.77. The summed E-state index contributed by atoms with van der Waals surface area (Å²) in [5, 5.41) is 18.8. The first kappa shape index (κ1) is 24.3. The Hall–Kier alpha value is -2.31. The van der Waals surface area contributed by atoms with Gasteiger partial charge in [0.1, 0.15) is 18.0 Å². The first-order chi connectivity index (χ1) is 14.8. The Balaban J connectivity index is 1.94. The van der Waals surface area contributed by atoms with Gasteiger partial charge in [-0.2, -0.15) is 0 Å². The minimum absolute atomic E-state index is 0.0403. The maximum atomic E-state index is 13.1. The molecule has 7 heteroatoms. The molecule has 0 aromatic heterocycles. The van der Waals surface area contributed by atoms with Crippen LogP contribution in [-0.4, -0.2) is 40.1 Å². The number of hydrogen-bond acceptors (Lipinski definition) is 7. The van der Waals surface area contributed by atoms with Gasteiger partial charge in [0.15, 0.2) is 0 Å². The van der Waals surface area contributed by atoms with Gasteiger partial charge in [0.25, 0.3) is 0 Å². The van der Waals surface area contributed by atoms with E-state index in [-0.39, 0.29) is 53.8 Å². The highest BCUT2D eigenvalue weighted by molar-refractivity contribution is 5.86. The van der Waals surface area contributed by atoms with Gasteiger partial charge < -0.3 is 19.7 Å². The van der Waals surface area contributed by atoms with Crippen LogP contribution in [0.4, 0.5) is 0 Å². The van der Waals surface area contributed by atoms with Crippen molar-refractivity contribution in [2.45, 2.75) is 79.4 Å². The number of carbonyl (C=O) groups excluding carboxylic acids is 3. The summed E-state index contributed by atoms with van der Waals surface area (Å²) in [6.07, 6.45) is 2.40. The highest BCUT2D eigenvalue weighted by atomic mass is 16.6. The average molecular weight is 449 g/mol. The topological polar surface area (TPSA) is 110 Å². The summed E-state index contributed by atoms with van der Waals surface area (Å²) in [4.78, 5) is 38.2. The largest absolute Gasteiger partial charge is 0.513 e. The molecule has 0 radical (unpaired) electrons. The summed E-state index contributed by atoms with van der Waals surface area (Å²) < 4.78 is 11.8. The molecule has 0 unspecified atom stereocenters. The number of rotatable bonds is 6. The Morgan fingerprint density at radius 1 is 0.969 bits per heavy atom. The zero-order valence-electron chi connectivity index (χ0n) is 19.9. The fourth-order valence-electron chi connectivity index (χ4n) is 6.68. The van der Waals surface area contributed by atoms with Crippen LogP contribution in [-0.2, 0) is 23.9 Å². The maximum absolute atomic E-state index is 13.1. The number of aliphatic hydroxyl groups is 2. The summed E-state index contributed by atoms with van der Waals surface area (Å²) in [6, 6.07) is 0. The van der Waals surface area contributed by atoms with Crippen LogP contribution in [0.2, 0.25) is 0 Å². The minimum Gasteiger partial charge on any atom is -0.513 e. The smallest absolute Gasteiger partial charge is 0.310 e. The summed E-state index contributed by atoms with van der Waals surface area (Å²) in [6.45, 7) is 11.2. The molecular formula is C25H36O7. The SMILES string of the molecule is C/C(O)=C/CC(=O)O[C@H]1C[C@@H](OC(=O)C/C=C(/C)O)C(C)(C)[C@H]2[C@@H]3[C@H](C)CC(=O)[C@H]2[C@@]31C. The standard InChI is InChI=1S/C25H36O7/c1-13-11-16(28)22-23-21(13)25(22,6)18(32-20(30)10-8-15(3)27)12-17(24(23,4)5)31-19(29)9-7-14(2)26/h7-8,13,17-18,21-23,26-27H,9-12H2,1-6H3/b14-7-,15-8-/t13-,17-,18+,21+,22-,23+,25-/m1/s1. The number of carbonyl (C=O) groups is 3. The van der Waals surface area contributed by atoms with Gasteiger partial charge in [0, 0.05) is 29.6 Å². The zero-order chi connectivity index (χ0) is 24.0. The number of esters is 2. The van der Waals surface area contributed by atoms with Gasteiger partial charge in [-0.3, -0.25) is 14.4 Å². The van der Waals surface area contributed by atoms with Crippen LogP contribution in [0.3, 0.4) is 0 Å². The quantitative estimate of drug-likeness (QED) is 0.457. The molecule has 178 valence electrons. The second kappa shape index (κ2) is 8.56. The molecule has 3 fully saturated rings. The van der Waals surface area contributed by atoms with Crippen LogP contribution in [0.1, 0.15) is 67.2 Å². The molecule has 3 aliphatic carbocycles. The number of allylic oxidation sites excluding steroid dienone is 2. The summed E-state index contributed by atoms with van der Waals surface area (Å²) >= 11 is 0. The zero-order valence-corrected chi connectivity index (χ0v) is 19.9. The van der Waals surface area contributed by atoms with Gasteiger partial charge in [-0.15, -0.1) is 0 Å². The number of Topliss-reactive ketones (excluding diaryl/α,β-unsaturated/α-hetero) is 1. The molecule has 0 spiro atoms. The molecule has 3 rings (SSSR count). The first-order valence-corrected chi connectivity index (χ1v) is 11.4. The molecular weight excluding hydrogens is 412 g/mol. The fourth-order valence-corrected chi connectivity index (χ4v) is 6.68. The predicted molar refractivity (Wildman–Crippen MR) is 118 cm³/mol. The Morgan fingerprint density at radius 3 is 1.94 bits per heavy atom. The monoisotopic (exact) mass is 448 g/mol. The van der Waals surface area contributed by atoms with Crippen molar-refractivity contribution in [2.24, 2.45) is 34.5 Å². The lowest BCUT2D eigenvalue weighted by molar-refractivity contribution is -0.237. The summed E-state index contributed by atoms with van der Waals surface area (Å²) in [7, 11) is 0. The third kappa shape index (κ3) is 4.06.